The number of hydrogen-bond donors (Lipinski definition) is 2. The van der Waals surface area contributed by atoms with Crippen molar-refractivity contribution in [2.75, 3.05) is 18.4 Å². The molecule has 1 aliphatic carbocycles. The van der Waals surface area contributed by atoms with Gasteiger partial charge in [0.25, 0.3) is 5.91 Å². The fourth-order valence-corrected chi connectivity index (χ4v) is 3.16. The molecule has 24 heavy (non-hydrogen) atoms. The minimum atomic E-state index is -0.847. The fraction of sp³-hybridized carbons (Fsp3) is 0.500. The topological polar surface area (TPSA) is 86.7 Å². The minimum absolute atomic E-state index is 0.0295. The molecule has 1 aromatic carbocycles. The lowest BCUT2D eigenvalue weighted by Crippen LogP contribution is -2.42. The standard InChI is InChI=1S/C18H22N2O4/c1-11-9-15(11)16(21)19-14-6-4-12(5-7-14)17(22)20-8-2-3-13(10-20)18(23)24/h4-7,11,13,15H,2-3,8-10H2,1H3,(H,19,21)(H,23,24)/t11?,13-,15?/m0/s1. The Morgan fingerprint density at radius 2 is 1.88 bits per heavy atom. The largest absolute Gasteiger partial charge is 0.481 e. The lowest BCUT2D eigenvalue weighted by atomic mass is 9.97. The summed E-state index contributed by atoms with van der Waals surface area (Å²) in [5.74, 6) is -0.905. The molecule has 1 saturated heterocycles. The molecule has 1 saturated carbocycles. The Hall–Kier alpha value is -2.37. The van der Waals surface area contributed by atoms with Gasteiger partial charge in [0.15, 0.2) is 0 Å². The molecule has 2 N–H and O–H groups in total. The maximum absolute atomic E-state index is 12.5. The normalized spacial score (nSPS) is 25.9. The summed E-state index contributed by atoms with van der Waals surface area (Å²) in [5.41, 5.74) is 1.19. The molecule has 0 radical (unpaired) electrons. The van der Waals surface area contributed by atoms with Gasteiger partial charge in [-0.1, -0.05) is 6.92 Å². The third-order valence-electron chi connectivity index (χ3n) is 4.90. The van der Waals surface area contributed by atoms with Crippen LogP contribution < -0.4 is 5.32 Å². The van der Waals surface area contributed by atoms with Gasteiger partial charge in [0.05, 0.1) is 5.92 Å². The molecule has 6 nitrogen and oxygen atoms in total. The molecule has 2 amide bonds. The van der Waals surface area contributed by atoms with Crippen LogP contribution in [-0.4, -0.2) is 40.9 Å². The zero-order valence-corrected chi connectivity index (χ0v) is 13.7. The molecule has 1 aromatic rings. The van der Waals surface area contributed by atoms with Gasteiger partial charge in [0.2, 0.25) is 5.91 Å². The number of carboxylic acid groups (broad SMARTS) is 1. The van der Waals surface area contributed by atoms with Gasteiger partial charge in [-0.3, -0.25) is 14.4 Å². The number of carbonyl (C=O) groups excluding carboxylic acids is 2. The number of anilines is 1. The SMILES string of the molecule is CC1CC1C(=O)Nc1ccc(C(=O)N2CCC[C@H](C(=O)O)C2)cc1. The lowest BCUT2D eigenvalue weighted by Gasteiger charge is -2.30. The highest BCUT2D eigenvalue weighted by molar-refractivity contribution is 5.97. The van der Waals surface area contributed by atoms with Crippen LogP contribution >= 0.6 is 0 Å². The number of hydrogen-bond acceptors (Lipinski definition) is 3. The van der Waals surface area contributed by atoms with Crippen molar-refractivity contribution in [1.82, 2.24) is 4.90 Å². The summed E-state index contributed by atoms with van der Waals surface area (Å²) in [6.45, 7) is 2.89. The number of aliphatic carboxylic acids is 1. The van der Waals surface area contributed by atoms with Gasteiger partial charge < -0.3 is 15.3 Å². The summed E-state index contributed by atoms with van der Waals surface area (Å²) in [6, 6.07) is 6.80. The summed E-state index contributed by atoms with van der Waals surface area (Å²) in [6.07, 6.45) is 2.25. The first-order chi connectivity index (χ1) is 11.5. The molecular formula is C18H22N2O4. The smallest absolute Gasteiger partial charge is 0.308 e. The Kier molecular flexibility index (Phi) is 4.55. The first-order valence-electron chi connectivity index (χ1n) is 8.38. The summed E-state index contributed by atoms with van der Waals surface area (Å²) in [7, 11) is 0. The fourth-order valence-electron chi connectivity index (χ4n) is 3.16. The quantitative estimate of drug-likeness (QED) is 0.886. The van der Waals surface area contributed by atoms with Gasteiger partial charge in [-0.25, -0.2) is 0 Å². The van der Waals surface area contributed by atoms with Gasteiger partial charge in [-0.05, 0) is 49.4 Å². The Balaban J connectivity index is 1.61. The van der Waals surface area contributed by atoms with E-state index >= 15 is 0 Å². The van der Waals surface area contributed by atoms with E-state index in [-0.39, 0.29) is 24.3 Å². The molecule has 0 spiro atoms. The molecule has 2 unspecified atom stereocenters. The maximum atomic E-state index is 12.5. The van der Waals surface area contributed by atoms with E-state index in [2.05, 4.69) is 12.2 Å². The zero-order chi connectivity index (χ0) is 17.3. The zero-order valence-electron chi connectivity index (χ0n) is 13.7. The number of carbonyl (C=O) groups is 3. The second-order valence-corrected chi connectivity index (χ2v) is 6.81. The molecule has 2 fully saturated rings. The van der Waals surface area contributed by atoms with Crippen LogP contribution in [-0.2, 0) is 9.59 Å². The highest BCUT2D eigenvalue weighted by Gasteiger charge is 2.39. The predicted octanol–water partition coefficient (Wildman–Crippen LogP) is 2.22. The van der Waals surface area contributed by atoms with E-state index in [1.165, 1.54) is 0 Å². The van der Waals surface area contributed by atoms with Crippen LogP contribution in [0.1, 0.15) is 36.5 Å². The van der Waals surface area contributed by atoms with Crippen molar-refractivity contribution < 1.29 is 19.5 Å². The van der Waals surface area contributed by atoms with Gasteiger partial charge >= 0.3 is 5.97 Å². The average molecular weight is 330 g/mol. The number of carboxylic acids is 1. The number of piperidine rings is 1. The summed E-state index contributed by atoms with van der Waals surface area (Å²) < 4.78 is 0. The van der Waals surface area contributed by atoms with E-state index in [1.807, 2.05) is 0 Å². The Morgan fingerprint density at radius 3 is 2.46 bits per heavy atom. The average Bonchev–Trinajstić information content (AvgIpc) is 3.32. The molecule has 3 rings (SSSR count). The molecule has 3 atom stereocenters. The van der Waals surface area contributed by atoms with Gasteiger partial charge in [0.1, 0.15) is 0 Å². The third-order valence-corrected chi connectivity index (χ3v) is 4.90. The minimum Gasteiger partial charge on any atom is -0.481 e. The Bertz CT molecular complexity index is 655. The van der Waals surface area contributed by atoms with Crippen molar-refractivity contribution in [1.29, 1.82) is 0 Å². The van der Waals surface area contributed by atoms with Crippen molar-refractivity contribution in [2.45, 2.75) is 26.2 Å². The van der Waals surface area contributed by atoms with Crippen molar-refractivity contribution in [3.05, 3.63) is 29.8 Å². The maximum Gasteiger partial charge on any atom is 0.308 e. The lowest BCUT2D eigenvalue weighted by molar-refractivity contribution is -0.143. The van der Waals surface area contributed by atoms with Crippen LogP contribution in [0.3, 0.4) is 0 Å². The van der Waals surface area contributed by atoms with Crippen molar-refractivity contribution in [3.63, 3.8) is 0 Å². The molecule has 1 heterocycles. The number of rotatable bonds is 4. The molecular weight excluding hydrogens is 308 g/mol. The highest BCUT2D eigenvalue weighted by Crippen LogP contribution is 2.38. The first kappa shape index (κ1) is 16.5. The Labute approximate surface area is 140 Å². The second kappa shape index (κ2) is 6.63. The third kappa shape index (κ3) is 3.58. The molecule has 6 heteroatoms. The number of amides is 2. The van der Waals surface area contributed by atoms with E-state index < -0.39 is 11.9 Å². The van der Waals surface area contributed by atoms with E-state index in [4.69, 9.17) is 5.11 Å². The van der Waals surface area contributed by atoms with Crippen LogP contribution in [0.15, 0.2) is 24.3 Å². The highest BCUT2D eigenvalue weighted by atomic mass is 16.4. The van der Waals surface area contributed by atoms with Crippen LogP contribution in [0.5, 0.6) is 0 Å². The number of likely N-dealkylation sites (tertiary alicyclic amines) is 1. The van der Waals surface area contributed by atoms with E-state index in [1.54, 1.807) is 29.2 Å². The van der Waals surface area contributed by atoms with Crippen LogP contribution in [0, 0.1) is 17.8 Å². The first-order valence-corrected chi connectivity index (χ1v) is 8.38. The van der Waals surface area contributed by atoms with Crippen molar-refractivity contribution in [2.24, 2.45) is 17.8 Å². The number of nitrogens with zero attached hydrogens (tertiary/aromatic N) is 1. The molecule has 128 valence electrons. The summed E-state index contributed by atoms with van der Waals surface area (Å²) in [5, 5.41) is 12.0. The van der Waals surface area contributed by atoms with Gasteiger partial charge in [-0.2, -0.15) is 0 Å². The van der Waals surface area contributed by atoms with Gasteiger partial charge in [-0.15, -0.1) is 0 Å². The Morgan fingerprint density at radius 1 is 1.21 bits per heavy atom. The van der Waals surface area contributed by atoms with Crippen molar-refractivity contribution in [3.8, 4) is 0 Å². The summed E-state index contributed by atoms with van der Waals surface area (Å²) in [4.78, 5) is 37.1. The van der Waals surface area contributed by atoms with Crippen molar-refractivity contribution >= 4 is 23.5 Å². The predicted molar refractivity (Wildman–Crippen MR) is 88.6 cm³/mol. The number of nitrogens with one attached hydrogen (secondary N) is 1. The van der Waals surface area contributed by atoms with E-state index in [0.717, 1.165) is 6.42 Å². The molecule has 0 aromatic heterocycles. The number of benzene rings is 1. The molecule has 1 aliphatic heterocycles. The monoisotopic (exact) mass is 330 g/mol. The summed E-state index contributed by atoms with van der Waals surface area (Å²) >= 11 is 0. The van der Waals surface area contributed by atoms with Crippen LogP contribution in [0.25, 0.3) is 0 Å². The van der Waals surface area contributed by atoms with Crippen LogP contribution in [0.4, 0.5) is 5.69 Å². The second-order valence-electron chi connectivity index (χ2n) is 6.81. The van der Waals surface area contributed by atoms with E-state index in [9.17, 15) is 14.4 Å². The van der Waals surface area contributed by atoms with Gasteiger partial charge in [0, 0.05) is 30.3 Å². The molecule has 2 aliphatic rings. The molecule has 0 bridgehead atoms. The van der Waals surface area contributed by atoms with E-state index in [0.29, 0.717) is 36.6 Å². The van der Waals surface area contributed by atoms with Crippen LogP contribution in [0.2, 0.25) is 0 Å².